The van der Waals surface area contributed by atoms with Gasteiger partial charge in [0, 0.05) is 85.7 Å². The Morgan fingerprint density at radius 1 is 0.400 bits per heavy atom. The molecule has 0 saturated carbocycles. The zero-order valence-electron chi connectivity index (χ0n) is 33.7. The van der Waals surface area contributed by atoms with Crippen LogP contribution in [-0.4, -0.2) is 88.5 Å². The van der Waals surface area contributed by atoms with E-state index >= 15 is 0 Å². The molecular weight excluding hydrogens is 845 g/mol. The number of aromatic carboxylic acids is 5. The van der Waals surface area contributed by atoms with Gasteiger partial charge < -0.3 is 60.6 Å². The maximum atomic E-state index is 13.5. The van der Waals surface area contributed by atoms with Gasteiger partial charge >= 0.3 is 0 Å². The zero-order valence-corrected chi connectivity index (χ0v) is 33.7. The minimum atomic E-state index is -1.61. The van der Waals surface area contributed by atoms with Crippen LogP contribution in [0, 0.1) is 0 Å². The molecule has 14 bridgehead atoms. The second-order valence-corrected chi connectivity index (χ2v) is 15.2. The third-order valence-electron chi connectivity index (χ3n) is 10.2. The van der Waals surface area contributed by atoms with Crippen molar-refractivity contribution < 1.29 is 54.3 Å². The van der Waals surface area contributed by atoms with Crippen molar-refractivity contribution in [3.05, 3.63) is 140 Å². The van der Waals surface area contributed by atoms with Crippen LogP contribution < -0.4 is 36.6 Å². The molecule has 0 unspecified atom stereocenters. The maximum absolute atomic E-state index is 13.5. The van der Waals surface area contributed by atoms with Crippen molar-refractivity contribution >= 4 is 35.8 Å². The van der Waals surface area contributed by atoms with E-state index in [0.717, 1.165) is 24.3 Å². The highest BCUT2D eigenvalue weighted by Crippen LogP contribution is 2.28. The average Bonchev–Trinajstić information content (AvgIpc) is 3.26. The Balaban J connectivity index is 1.47. The van der Waals surface area contributed by atoms with Crippen LogP contribution in [-0.2, 0) is 39.3 Å². The first-order chi connectivity index (χ1) is 31.1. The highest BCUT2D eigenvalue weighted by Gasteiger charge is 2.23. The van der Waals surface area contributed by atoms with Crippen LogP contribution in [0.5, 0.6) is 0 Å². The fourth-order valence-corrected chi connectivity index (χ4v) is 7.52. The molecule has 0 aromatic carbocycles. The van der Waals surface area contributed by atoms with Gasteiger partial charge in [0.05, 0.1) is 98.2 Å². The number of pyridine rings is 6. The molecule has 21 nitrogen and oxygen atoms in total. The minimum absolute atomic E-state index is 0.00943. The lowest BCUT2D eigenvalue weighted by Crippen LogP contribution is -2.30. The summed E-state index contributed by atoms with van der Waals surface area (Å²) < 4.78 is 0. The predicted molar refractivity (Wildman–Crippen MR) is 211 cm³/mol. The SMILES string of the molecule is NCCNC(=O)c1cc2nc(c1)-c1cc(C(=O)[O-])cc(n1)CN1Cc3cc(C(=O)[O-])cc(n3)-c3cc(C(=O)[O-])cc(n3)CN(Cc3cc(C(=O)[O-])cc(n3)-c3cc(C(=O)[O-])cc(n3)C1)C2. The molecule has 6 aromatic rings. The van der Waals surface area contributed by atoms with Gasteiger partial charge in [0.2, 0.25) is 0 Å². The number of aromatic nitrogens is 6. The maximum Gasteiger partial charge on any atom is 0.251 e. The molecule has 21 heteroatoms. The van der Waals surface area contributed by atoms with Gasteiger partial charge in [-0.15, -0.1) is 0 Å². The number of carbonyl (C=O) groups excluding carboxylic acids is 6. The first kappa shape index (κ1) is 43.3. The smallest absolute Gasteiger partial charge is 0.251 e. The summed E-state index contributed by atoms with van der Waals surface area (Å²) in [4.78, 5) is 107. The van der Waals surface area contributed by atoms with Crippen molar-refractivity contribution in [2.24, 2.45) is 5.73 Å². The summed E-state index contributed by atoms with van der Waals surface area (Å²) in [5.41, 5.74) is 4.19. The van der Waals surface area contributed by atoms with E-state index in [9.17, 15) is 54.3 Å². The van der Waals surface area contributed by atoms with Crippen molar-refractivity contribution in [1.29, 1.82) is 0 Å². The van der Waals surface area contributed by atoms with Gasteiger partial charge in [-0.1, -0.05) is 0 Å². The topological polar surface area (TPSA) is 340 Å². The lowest BCUT2D eigenvalue weighted by atomic mass is 10.1. The fraction of sp³-hybridized carbons (Fsp3) is 0.182. The number of amides is 1. The third kappa shape index (κ3) is 9.81. The molecule has 9 heterocycles. The third-order valence-corrected chi connectivity index (χ3v) is 10.2. The van der Waals surface area contributed by atoms with E-state index in [1.54, 1.807) is 9.80 Å². The molecule has 1 amide bonds. The number of rotatable bonds is 8. The quantitative estimate of drug-likeness (QED) is 0.150. The normalized spacial score (nSPS) is 15.3. The molecule has 328 valence electrons. The summed E-state index contributed by atoms with van der Waals surface area (Å²) in [7, 11) is 0. The predicted octanol–water partition coefficient (Wildman–Crippen LogP) is -3.40. The largest absolute Gasteiger partial charge is 0.545 e. The Hall–Kier alpha value is -8.40. The zero-order chi connectivity index (χ0) is 46.1. The Morgan fingerprint density at radius 3 is 0.831 bits per heavy atom. The van der Waals surface area contributed by atoms with E-state index in [0.29, 0.717) is 0 Å². The highest BCUT2D eigenvalue weighted by molar-refractivity contribution is 5.95. The van der Waals surface area contributed by atoms with E-state index in [2.05, 4.69) is 25.3 Å². The van der Waals surface area contributed by atoms with Crippen LogP contribution in [0.4, 0.5) is 0 Å². The standard InChI is InChI=1S/C44H36N10O11/c45-1-2-46-39(55)21-3-27-15-53-16-29-5-23(41(58)59)11-35(49-29)37-13-25(43(62)63)7-31(51-37)19-54(18-28-4-22(40(56)57)10-34(48-28)33(9-21)47-27)20-32-8-26(44(64)65)14-38(52-32)36-12-24(42(60)61)6-30(17-53)50-36/h3-14H,1-2,15-20,45H2,(H,46,55)(H,56,57)(H,58,59)(H,60,61)(H,62,63)(H,64,65)/p-5. The molecule has 0 spiro atoms. The van der Waals surface area contributed by atoms with E-state index in [1.807, 2.05) is 0 Å². The Bertz CT molecular complexity index is 2870. The fourth-order valence-electron chi connectivity index (χ4n) is 7.52. The molecule has 0 atom stereocenters. The lowest BCUT2D eigenvalue weighted by Gasteiger charge is -2.25. The van der Waals surface area contributed by atoms with Gasteiger partial charge in [-0.25, -0.2) is 29.9 Å². The molecule has 0 saturated heterocycles. The Morgan fingerprint density at radius 2 is 0.615 bits per heavy atom. The lowest BCUT2D eigenvalue weighted by molar-refractivity contribution is -0.256. The number of carboxylic acid groups (broad SMARTS) is 5. The summed E-state index contributed by atoms with van der Waals surface area (Å²) in [5, 5.41) is 65.1. The minimum Gasteiger partial charge on any atom is -0.545 e. The van der Waals surface area contributed by atoms with E-state index < -0.39 is 35.8 Å². The van der Waals surface area contributed by atoms with Crippen LogP contribution >= 0.6 is 0 Å². The average molecular weight is 876 g/mol. The summed E-state index contributed by atoms with van der Waals surface area (Å²) in [6, 6.07) is 14.7. The molecule has 9 rings (SSSR count). The van der Waals surface area contributed by atoms with E-state index in [4.69, 9.17) is 15.7 Å². The summed E-state index contributed by atoms with van der Waals surface area (Å²) in [6.45, 7) is -1.34. The van der Waals surface area contributed by atoms with Gasteiger partial charge in [0.25, 0.3) is 5.91 Å². The number of nitrogens with one attached hydrogen (secondary N) is 1. The van der Waals surface area contributed by atoms with Crippen molar-refractivity contribution in [2.45, 2.75) is 39.3 Å². The molecule has 3 aliphatic rings. The molecule has 0 fully saturated rings. The van der Waals surface area contributed by atoms with Crippen molar-refractivity contribution in [2.75, 3.05) is 13.1 Å². The van der Waals surface area contributed by atoms with Crippen molar-refractivity contribution in [1.82, 2.24) is 45.0 Å². The highest BCUT2D eigenvalue weighted by atomic mass is 16.4. The second-order valence-electron chi connectivity index (χ2n) is 15.2. The monoisotopic (exact) mass is 875 g/mol. The molecule has 3 aliphatic heterocycles. The van der Waals surface area contributed by atoms with Crippen molar-refractivity contribution in [3.8, 4) is 34.2 Å². The number of carboxylic acids is 5. The molecular formula is C44H31N10O11-5. The van der Waals surface area contributed by atoms with Gasteiger partial charge in [-0.05, 0) is 72.8 Å². The van der Waals surface area contributed by atoms with Crippen LogP contribution in [0.25, 0.3) is 34.2 Å². The summed E-state index contributed by atoms with van der Waals surface area (Å²) >= 11 is 0. The molecule has 0 radical (unpaired) electrons. The van der Waals surface area contributed by atoms with E-state index in [1.165, 1.54) is 48.5 Å². The first-order valence-electron chi connectivity index (χ1n) is 19.6. The molecule has 65 heavy (non-hydrogen) atoms. The van der Waals surface area contributed by atoms with E-state index in [-0.39, 0.29) is 154 Å². The molecule has 0 aliphatic carbocycles. The summed E-state index contributed by atoms with van der Waals surface area (Å²) in [6.07, 6.45) is 0. The van der Waals surface area contributed by atoms with Crippen LogP contribution in [0.2, 0.25) is 0 Å². The van der Waals surface area contributed by atoms with Gasteiger partial charge in [-0.2, -0.15) is 0 Å². The molecule has 6 aromatic heterocycles. The molecule has 3 N–H and O–H groups in total. The van der Waals surface area contributed by atoms with Gasteiger partial charge in [0.1, 0.15) is 0 Å². The second kappa shape index (κ2) is 17.8. The van der Waals surface area contributed by atoms with Gasteiger partial charge in [-0.3, -0.25) is 14.6 Å². The van der Waals surface area contributed by atoms with Crippen LogP contribution in [0.15, 0.2) is 72.8 Å². The number of nitrogens with zero attached hydrogens (tertiary/aromatic N) is 8. The number of hydrogen-bond donors (Lipinski definition) is 2. The number of nitrogens with two attached hydrogens (primary N) is 1. The first-order valence-corrected chi connectivity index (χ1v) is 19.6. The number of carbonyl (C=O) groups is 6. The summed E-state index contributed by atoms with van der Waals surface area (Å²) in [5.74, 6) is -8.56. The Labute approximate surface area is 366 Å². The van der Waals surface area contributed by atoms with Crippen LogP contribution in [0.1, 0.15) is 96.3 Å². The number of hydrogen-bond acceptors (Lipinski definition) is 20. The van der Waals surface area contributed by atoms with Crippen molar-refractivity contribution in [3.63, 3.8) is 0 Å². The van der Waals surface area contributed by atoms with Gasteiger partial charge in [0.15, 0.2) is 0 Å². The van der Waals surface area contributed by atoms with Crippen LogP contribution in [0.3, 0.4) is 0 Å². The Kier molecular flexibility index (Phi) is 11.8.